The lowest BCUT2D eigenvalue weighted by Crippen LogP contribution is -2.33. The molecule has 1 spiro atoms. The van der Waals surface area contributed by atoms with Crippen LogP contribution in [0, 0.1) is 0 Å². The summed E-state index contributed by atoms with van der Waals surface area (Å²) in [5, 5.41) is 0. The van der Waals surface area contributed by atoms with Crippen molar-refractivity contribution >= 4 is 5.97 Å². The molecular weight excluding hydrogens is 156 g/mol. The Hall–Kier alpha value is -0.570. The van der Waals surface area contributed by atoms with Crippen LogP contribution in [-0.2, 0) is 14.3 Å². The van der Waals surface area contributed by atoms with Gasteiger partial charge in [-0.05, 0) is 19.8 Å². The van der Waals surface area contributed by atoms with Gasteiger partial charge in [0.2, 0.25) is 5.79 Å². The van der Waals surface area contributed by atoms with Gasteiger partial charge in [0.1, 0.15) is 0 Å². The van der Waals surface area contributed by atoms with Gasteiger partial charge < -0.3 is 9.47 Å². The van der Waals surface area contributed by atoms with Crippen LogP contribution in [0.15, 0.2) is 0 Å². The fraction of sp³-hybridized carbons (Fsp3) is 0.889. The summed E-state index contributed by atoms with van der Waals surface area (Å²) in [5.41, 5.74) is 0. The van der Waals surface area contributed by atoms with Crippen LogP contribution in [0.1, 0.15) is 39.0 Å². The lowest BCUT2D eigenvalue weighted by atomic mass is 9.94. The zero-order valence-corrected chi connectivity index (χ0v) is 7.34. The van der Waals surface area contributed by atoms with Crippen molar-refractivity contribution in [1.82, 2.24) is 0 Å². The van der Waals surface area contributed by atoms with E-state index in [1.54, 1.807) is 6.92 Å². The van der Waals surface area contributed by atoms with Crippen LogP contribution in [0.2, 0.25) is 0 Å². The molecule has 0 aromatic carbocycles. The van der Waals surface area contributed by atoms with E-state index < -0.39 is 5.79 Å². The number of hydrogen-bond donors (Lipinski definition) is 0. The van der Waals surface area contributed by atoms with Crippen molar-refractivity contribution in [2.24, 2.45) is 0 Å². The van der Waals surface area contributed by atoms with Crippen LogP contribution in [0.25, 0.3) is 0 Å². The minimum absolute atomic E-state index is 0.197. The molecule has 2 aliphatic rings. The van der Waals surface area contributed by atoms with Gasteiger partial charge >= 0.3 is 5.97 Å². The van der Waals surface area contributed by atoms with Crippen LogP contribution in [-0.4, -0.2) is 17.9 Å². The maximum Gasteiger partial charge on any atom is 0.337 e. The fourth-order valence-corrected chi connectivity index (χ4v) is 1.97. The smallest absolute Gasteiger partial charge is 0.337 e. The molecule has 3 nitrogen and oxygen atoms in total. The molecule has 0 N–H and O–H groups in total. The molecule has 0 unspecified atom stereocenters. The molecule has 0 aromatic rings. The van der Waals surface area contributed by atoms with Crippen molar-refractivity contribution < 1.29 is 14.3 Å². The number of rotatable bonds is 0. The Morgan fingerprint density at radius 2 is 2.00 bits per heavy atom. The maximum absolute atomic E-state index is 11.1. The molecule has 0 radical (unpaired) electrons. The van der Waals surface area contributed by atoms with Crippen molar-refractivity contribution in [2.45, 2.75) is 50.9 Å². The number of carbonyl (C=O) groups excluding carboxylic acids is 1. The van der Waals surface area contributed by atoms with E-state index in [1.807, 2.05) is 0 Å². The highest BCUT2D eigenvalue weighted by atomic mass is 16.8. The monoisotopic (exact) mass is 170 g/mol. The molecule has 1 saturated carbocycles. The lowest BCUT2D eigenvalue weighted by molar-refractivity contribution is -0.190. The van der Waals surface area contributed by atoms with Gasteiger partial charge in [0.05, 0.1) is 0 Å². The highest BCUT2D eigenvalue weighted by Crippen LogP contribution is 2.37. The average molecular weight is 170 g/mol. The van der Waals surface area contributed by atoms with E-state index in [4.69, 9.17) is 9.47 Å². The third-order valence-electron chi connectivity index (χ3n) is 2.63. The van der Waals surface area contributed by atoms with Gasteiger partial charge in [0.25, 0.3) is 0 Å². The van der Waals surface area contributed by atoms with E-state index in [2.05, 4.69) is 0 Å². The summed E-state index contributed by atoms with van der Waals surface area (Å²) in [6.45, 7) is 1.76. The predicted molar refractivity (Wildman–Crippen MR) is 42.5 cm³/mol. The summed E-state index contributed by atoms with van der Waals surface area (Å²) >= 11 is 0. The highest BCUT2D eigenvalue weighted by Gasteiger charge is 2.46. The Kier molecular flexibility index (Phi) is 1.83. The molecule has 2 rings (SSSR count). The van der Waals surface area contributed by atoms with E-state index in [0.29, 0.717) is 0 Å². The third kappa shape index (κ3) is 1.22. The quantitative estimate of drug-likeness (QED) is 0.518. The highest BCUT2D eigenvalue weighted by molar-refractivity contribution is 5.76. The summed E-state index contributed by atoms with van der Waals surface area (Å²) in [6.07, 6.45) is 4.85. The van der Waals surface area contributed by atoms with E-state index in [0.717, 1.165) is 25.7 Å². The van der Waals surface area contributed by atoms with Gasteiger partial charge in [-0.15, -0.1) is 0 Å². The minimum atomic E-state index is -0.533. The molecule has 1 aliphatic heterocycles. The summed E-state index contributed by atoms with van der Waals surface area (Å²) < 4.78 is 10.8. The van der Waals surface area contributed by atoms with Crippen molar-refractivity contribution in [2.75, 3.05) is 0 Å². The molecular formula is C9H14O3. The van der Waals surface area contributed by atoms with Crippen LogP contribution in [0.4, 0.5) is 0 Å². The first-order chi connectivity index (χ1) is 5.72. The molecule has 0 amide bonds. The van der Waals surface area contributed by atoms with Crippen molar-refractivity contribution in [3.8, 4) is 0 Å². The molecule has 0 aromatic heterocycles. The van der Waals surface area contributed by atoms with E-state index in [-0.39, 0.29) is 12.1 Å². The third-order valence-corrected chi connectivity index (χ3v) is 2.63. The Bertz CT molecular complexity index is 194. The second-order valence-corrected chi connectivity index (χ2v) is 3.65. The summed E-state index contributed by atoms with van der Waals surface area (Å²) in [4.78, 5) is 11.1. The topological polar surface area (TPSA) is 35.5 Å². The first-order valence-electron chi connectivity index (χ1n) is 4.63. The van der Waals surface area contributed by atoms with Gasteiger partial charge in [-0.1, -0.05) is 6.42 Å². The molecule has 68 valence electrons. The van der Waals surface area contributed by atoms with Crippen molar-refractivity contribution in [3.63, 3.8) is 0 Å². The molecule has 1 saturated heterocycles. The van der Waals surface area contributed by atoms with Gasteiger partial charge in [-0.2, -0.15) is 0 Å². The number of carbonyl (C=O) groups is 1. The molecule has 1 heterocycles. The second-order valence-electron chi connectivity index (χ2n) is 3.65. The Morgan fingerprint density at radius 3 is 2.50 bits per heavy atom. The minimum Gasteiger partial charge on any atom is -0.431 e. The Morgan fingerprint density at radius 1 is 1.33 bits per heavy atom. The normalized spacial score (nSPS) is 33.8. The van der Waals surface area contributed by atoms with Gasteiger partial charge in [-0.25, -0.2) is 4.79 Å². The number of hydrogen-bond acceptors (Lipinski definition) is 3. The largest absolute Gasteiger partial charge is 0.431 e. The molecule has 1 atom stereocenters. The van der Waals surface area contributed by atoms with Gasteiger partial charge in [0.15, 0.2) is 6.10 Å². The lowest BCUT2D eigenvalue weighted by Gasteiger charge is -2.30. The first-order valence-corrected chi connectivity index (χ1v) is 4.63. The van der Waals surface area contributed by atoms with Crippen LogP contribution < -0.4 is 0 Å². The van der Waals surface area contributed by atoms with Crippen molar-refractivity contribution in [1.29, 1.82) is 0 Å². The predicted octanol–water partition coefficient (Wildman–Crippen LogP) is 1.61. The van der Waals surface area contributed by atoms with Gasteiger partial charge in [-0.3, -0.25) is 0 Å². The molecule has 1 aliphatic carbocycles. The first kappa shape index (κ1) is 8.05. The van der Waals surface area contributed by atoms with Crippen LogP contribution in [0.5, 0.6) is 0 Å². The zero-order valence-electron chi connectivity index (χ0n) is 7.34. The van der Waals surface area contributed by atoms with E-state index >= 15 is 0 Å². The molecule has 2 fully saturated rings. The summed E-state index contributed by atoms with van der Waals surface area (Å²) in [6, 6.07) is 0. The standard InChI is InChI=1S/C9H14O3/c1-7-8(10)12-9(11-7)5-3-2-4-6-9/h7H,2-6H2,1H3/t7-/m0/s1. The molecule has 3 heteroatoms. The summed E-state index contributed by atoms with van der Waals surface area (Å²) in [5.74, 6) is -0.730. The number of ether oxygens (including phenoxy) is 2. The Labute approximate surface area is 72.0 Å². The summed E-state index contributed by atoms with van der Waals surface area (Å²) in [7, 11) is 0. The van der Waals surface area contributed by atoms with E-state index in [1.165, 1.54) is 6.42 Å². The zero-order chi connectivity index (χ0) is 8.60. The SMILES string of the molecule is C[C@@H]1OC2(CCCCC2)OC1=O. The fourth-order valence-electron chi connectivity index (χ4n) is 1.97. The average Bonchev–Trinajstić information content (AvgIpc) is 2.29. The van der Waals surface area contributed by atoms with Crippen molar-refractivity contribution in [3.05, 3.63) is 0 Å². The number of esters is 1. The van der Waals surface area contributed by atoms with Gasteiger partial charge in [0, 0.05) is 12.8 Å². The van der Waals surface area contributed by atoms with Crippen LogP contribution in [0.3, 0.4) is 0 Å². The molecule has 12 heavy (non-hydrogen) atoms. The second kappa shape index (κ2) is 2.73. The van der Waals surface area contributed by atoms with Crippen LogP contribution >= 0.6 is 0 Å². The Balaban J connectivity index is 2.07. The molecule has 0 bridgehead atoms. The van der Waals surface area contributed by atoms with E-state index in [9.17, 15) is 4.79 Å². The maximum atomic E-state index is 11.1.